The van der Waals surface area contributed by atoms with Crippen molar-refractivity contribution in [2.24, 2.45) is 0 Å². The third-order valence-electron chi connectivity index (χ3n) is 3.50. The Balaban J connectivity index is 2.48. The van der Waals surface area contributed by atoms with Gasteiger partial charge in [0.25, 0.3) is 10.0 Å². The zero-order valence-corrected chi connectivity index (χ0v) is 13.9. The van der Waals surface area contributed by atoms with Crippen LogP contribution in [0.2, 0.25) is 0 Å². The molecular formula is C17H21NO2S. The summed E-state index contributed by atoms with van der Waals surface area (Å²) >= 11 is 0. The second kappa shape index (κ2) is 5.53. The van der Waals surface area contributed by atoms with Crippen molar-refractivity contribution < 1.29 is 8.42 Å². The van der Waals surface area contributed by atoms with Gasteiger partial charge < -0.3 is 0 Å². The molecule has 0 radical (unpaired) electrons. The smallest absolute Gasteiger partial charge is 0.262 e. The van der Waals surface area contributed by atoms with Gasteiger partial charge in [0.05, 0.1) is 10.6 Å². The lowest BCUT2D eigenvalue weighted by Crippen LogP contribution is -2.16. The molecule has 0 aliphatic rings. The molecule has 0 heterocycles. The summed E-state index contributed by atoms with van der Waals surface area (Å²) in [5.74, 6) is 0. The minimum atomic E-state index is -3.58. The maximum Gasteiger partial charge on any atom is 0.262 e. The van der Waals surface area contributed by atoms with Gasteiger partial charge in [-0.15, -0.1) is 0 Å². The third kappa shape index (κ3) is 3.27. The largest absolute Gasteiger partial charge is 0.279 e. The average molecular weight is 303 g/mol. The Morgan fingerprint density at radius 1 is 0.762 bits per heavy atom. The summed E-state index contributed by atoms with van der Waals surface area (Å²) < 4.78 is 28.1. The van der Waals surface area contributed by atoms with Gasteiger partial charge in [-0.1, -0.05) is 35.4 Å². The highest BCUT2D eigenvalue weighted by molar-refractivity contribution is 7.92. The number of hydrogen-bond acceptors (Lipinski definition) is 2. The van der Waals surface area contributed by atoms with Crippen LogP contribution < -0.4 is 4.72 Å². The topological polar surface area (TPSA) is 46.2 Å². The highest BCUT2D eigenvalue weighted by Crippen LogP contribution is 2.26. The molecule has 2 rings (SSSR count). The number of nitrogens with one attached hydrogen (secondary N) is 1. The number of sulfonamides is 1. The van der Waals surface area contributed by atoms with Crippen molar-refractivity contribution >= 4 is 15.7 Å². The summed E-state index contributed by atoms with van der Waals surface area (Å²) in [4.78, 5) is 0.369. The lowest BCUT2D eigenvalue weighted by molar-refractivity contribution is 0.600. The molecule has 21 heavy (non-hydrogen) atoms. The molecule has 0 spiro atoms. The molecule has 0 atom stereocenters. The van der Waals surface area contributed by atoms with E-state index in [0.29, 0.717) is 10.6 Å². The molecule has 4 heteroatoms. The first-order valence-electron chi connectivity index (χ1n) is 6.88. The van der Waals surface area contributed by atoms with Crippen LogP contribution >= 0.6 is 0 Å². The summed E-state index contributed by atoms with van der Waals surface area (Å²) in [6, 6.07) is 9.46. The number of benzene rings is 2. The van der Waals surface area contributed by atoms with E-state index in [1.54, 1.807) is 6.07 Å². The standard InChI is InChI=1S/C17H21NO2S/c1-11-6-7-16(13(3)8-11)18-21(19,20)17-14(4)9-12(2)10-15(17)5/h6-10,18H,1-5H3. The molecule has 0 aliphatic carbocycles. The first-order chi connectivity index (χ1) is 9.70. The van der Waals surface area contributed by atoms with E-state index in [9.17, 15) is 8.42 Å². The summed E-state index contributed by atoms with van der Waals surface area (Å²) in [5.41, 5.74) is 5.25. The fourth-order valence-corrected chi connectivity index (χ4v) is 4.30. The monoisotopic (exact) mass is 303 g/mol. The Morgan fingerprint density at radius 3 is 1.81 bits per heavy atom. The number of rotatable bonds is 3. The molecule has 0 aliphatic heterocycles. The molecular weight excluding hydrogens is 282 g/mol. The van der Waals surface area contributed by atoms with Crippen molar-refractivity contribution in [1.82, 2.24) is 0 Å². The van der Waals surface area contributed by atoms with Crippen LogP contribution in [0.1, 0.15) is 27.8 Å². The summed E-state index contributed by atoms with van der Waals surface area (Å²) in [5, 5.41) is 0. The van der Waals surface area contributed by atoms with Crippen molar-refractivity contribution in [3.8, 4) is 0 Å². The SMILES string of the molecule is Cc1ccc(NS(=O)(=O)c2c(C)cc(C)cc2C)c(C)c1. The number of hydrogen-bond donors (Lipinski definition) is 1. The van der Waals surface area contributed by atoms with Crippen molar-refractivity contribution in [2.75, 3.05) is 4.72 Å². The molecule has 2 aromatic rings. The molecule has 2 aromatic carbocycles. The van der Waals surface area contributed by atoms with Gasteiger partial charge in [-0.2, -0.15) is 0 Å². The lowest BCUT2D eigenvalue weighted by Gasteiger charge is -2.15. The molecule has 3 nitrogen and oxygen atoms in total. The molecule has 0 amide bonds. The predicted molar refractivity (Wildman–Crippen MR) is 87.4 cm³/mol. The van der Waals surface area contributed by atoms with E-state index < -0.39 is 10.0 Å². The van der Waals surface area contributed by atoms with E-state index in [2.05, 4.69) is 4.72 Å². The van der Waals surface area contributed by atoms with Crippen LogP contribution in [0.15, 0.2) is 35.2 Å². The summed E-state index contributed by atoms with van der Waals surface area (Å²) in [6.45, 7) is 9.51. The zero-order chi connectivity index (χ0) is 15.8. The van der Waals surface area contributed by atoms with Crippen LogP contribution in [-0.2, 0) is 10.0 Å². The Labute approximate surface area is 127 Å². The second-order valence-corrected chi connectivity index (χ2v) is 7.27. The number of anilines is 1. The van der Waals surface area contributed by atoms with E-state index in [4.69, 9.17) is 0 Å². The molecule has 0 fully saturated rings. The predicted octanol–water partition coefficient (Wildman–Crippen LogP) is 4.03. The normalized spacial score (nSPS) is 11.5. The molecule has 0 bridgehead atoms. The van der Waals surface area contributed by atoms with Crippen LogP contribution in [0.4, 0.5) is 5.69 Å². The quantitative estimate of drug-likeness (QED) is 0.930. The Morgan fingerprint density at radius 2 is 1.29 bits per heavy atom. The highest BCUT2D eigenvalue weighted by atomic mass is 32.2. The van der Waals surface area contributed by atoms with Crippen molar-refractivity contribution in [1.29, 1.82) is 0 Å². The van der Waals surface area contributed by atoms with Crippen molar-refractivity contribution in [3.05, 3.63) is 58.1 Å². The van der Waals surface area contributed by atoms with Crippen LogP contribution in [0.3, 0.4) is 0 Å². The second-order valence-electron chi connectivity index (χ2n) is 5.65. The number of aryl methyl sites for hydroxylation is 5. The Bertz CT molecular complexity index is 769. The maximum absolute atomic E-state index is 12.7. The third-order valence-corrected chi connectivity index (χ3v) is 5.17. The average Bonchev–Trinajstić information content (AvgIpc) is 2.30. The van der Waals surface area contributed by atoms with E-state index in [0.717, 1.165) is 27.8 Å². The van der Waals surface area contributed by atoms with Crippen LogP contribution in [-0.4, -0.2) is 8.42 Å². The van der Waals surface area contributed by atoms with Crippen LogP contribution in [0.25, 0.3) is 0 Å². The van der Waals surface area contributed by atoms with Crippen molar-refractivity contribution in [3.63, 3.8) is 0 Å². The lowest BCUT2D eigenvalue weighted by atomic mass is 10.1. The fourth-order valence-electron chi connectivity index (χ4n) is 2.71. The van der Waals surface area contributed by atoms with Gasteiger partial charge in [-0.25, -0.2) is 8.42 Å². The van der Waals surface area contributed by atoms with E-state index >= 15 is 0 Å². The van der Waals surface area contributed by atoms with Gasteiger partial charge in [0.2, 0.25) is 0 Å². The zero-order valence-electron chi connectivity index (χ0n) is 13.1. The van der Waals surface area contributed by atoms with E-state index in [1.807, 2.05) is 58.9 Å². The first kappa shape index (κ1) is 15.6. The maximum atomic E-state index is 12.7. The summed E-state index contributed by atoms with van der Waals surface area (Å²) in [7, 11) is -3.58. The van der Waals surface area contributed by atoms with Gasteiger partial charge in [-0.3, -0.25) is 4.72 Å². The highest BCUT2D eigenvalue weighted by Gasteiger charge is 2.20. The first-order valence-corrected chi connectivity index (χ1v) is 8.37. The molecule has 0 unspecified atom stereocenters. The van der Waals surface area contributed by atoms with Crippen LogP contribution in [0.5, 0.6) is 0 Å². The molecule has 0 aromatic heterocycles. The fraction of sp³-hybridized carbons (Fsp3) is 0.294. The van der Waals surface area contributed by atoms with Crippen LogP contribution in [0, 0.1) is 34.6 Å². The van der Waals surface area contributed by atoms with Gasteiger partial charge in [-0.05, 0) is 57.4 Å². The summed E-state index contributed by atoms with van der Waals surface area (Å²) in [6.07, 6.45) is 0. The molecule has 112 valence electrons. The van der Waals surface area contributed by atoms with Gasteiger partial charge in [0.15, 0.2) is 0 Å². The van der Waals surface area contributed by atoms with Crippen molar-refractivity contribution in [2.45, 2.75) is 39.5 Å². The molecule has 0 saturated heterocycles. The molecule has 0 saturated carbocycles. The minimum Gasteiger partial charge on any atom is -0.279 e. The van der Waals surface area contributed by atoms with Gasteiger partial charge in [0, 0.05) is 0 Å². The molecule has 1 N–H and O–H groups in total. The van der Waals surface area contributed by atoms with Gasteiger partial charge in [0.1, 0.15) is 0 Å². The Hall–Kier alpha value is -1.81. The van der Waals surface area contributed by atoms with Gasteiger partial charge >= 0.3 is 0 Å². The minimum absolute atomic E-state index is 0.369. The Kier molecular flexibility index (Phi) is 4.10. The van der Waals surface area contributed by atoms with E-state index in [1.165, 1.54) is 0 Å². The van der Waals surface area contributed by atoms with E-state index in [-0.39, 0.29) is 0 Å².